The summed E-state index contributed by atoms with van der Waals surface area (Å²) in [4.78, 5) is 9.33. The zero-order chi connectivity index (χ0) is 30.7. The van der Waals surface area contributed by atoms with E-state index in [1.165, 1.54) is 4.91 Å². The first kappa shape index (κ1) is 46.9. The maximum atomic E-state index is 8.02. The first-order valence-corrected chi connectivity index (χ1v) is 12.9. The van der Waals surface area contributed by atoms with Gasteiger partial charge in [-0.2, -0.15) is 0 Å². The fraction of sp³-hybridized carbons (Fsp3) is 1.00. The molecule has 0 unspecified atom stereocenters. The molecule has 0 fully saturated rings. The molecule has 0 amide bonds. The number of ether oxygens (including phenoxy) is 8. The van der Waals surface area contributed by atoms with Crippen LogP contribution in [-0.4, -0.2) is 125 Å². The molecule has 0 aromatic heterocycles. The third-order valence-corrected chi connectivity index (χ3v) is 3.78. The minimum absolute atomic E-state index is 0. The fourth-order valence-corrected chi connectivity index (χ4v) is 2.12. The zero-order valence-electron chi connectivity index (χ0n) is 24.8. The van der Waals surface area contributed by atoms with Gasteiger partial charge in [0, 0.05) is 41.0 Å². The van der Waals surface area contributed by atoms with Crippen molar-refractivity contribution in [2.24, 2.45) is 15.3 Å². The summed E-state index contributed by atoms with van der Waals surface area (Å²) >= 11 is 0. The second-order valence-electron chi connectivity index (χ2n) is 6.85. The molecule has 0 rings (SSSR count). The van der Waals surface area contributed by atoms with Crippen LogP contribution < -0.4 is 29.6 Å². The van der Waals surface area contributed by atoms with Crippen molar-refractivity contribution < 1.29 is 67.5 Å². The van der Waals surface area contributed by atoms with E-state index in [0.29, 0.717) is 119 Å². The molecule has 0 heterocycles. The summed E-state index contributed by atoms with van der Waals surface area (Å²) < 4.78 is 41.8. The van der Waals surface area contributed by atoms with Gasteiger partial charge in [-0.3, -0.25) is 4.91 Å². The Hall–Kier alpha value is -2.08. The molecule has 0 radical (unpaired) electrons. The smallest absolute Gasteiger partial charge is 0.379 e. The third kappa shape index (κ3) is 57.7. The molecule has 42 heavy (non-hydrogen) atoms. The fourth-order valence-electron chi connectivity index (χ4n) is 2.12. The van der Waals surface area contributed by atoms with Crippen LogP contribution in [0, 0.1) is 0 Å². The summed E-state index contributed by atoms with van der Waals surface area (Å²) in [6, 6.07) is 0. The predicted molar refractivity (Wildman–Crippen MR) is 149 cm³/mol. The second-order valence-corrected chi connectivity index (χ2v) is 6.85. The Balaban J connectivity index is -0.000000308. The van der Waals surface area contributed by atoms with Crippen molar-refractivity contribution in [1.29, 1.82) is 0 Å². The first-order chi connectivity index (χ1) is 20.2. The molecule has 0 spiro atoms. The van der Waals surface area contributed by atoms with Crippen LogP contribution in [0.25, 0.3) is 47.3 Å². The molecular formula is C21H43N12NaO8. The van der Waals surface area contributed by atoms with Crippen LogP contribution in [0.1, 0.15) is 13.3 Å². The molecule has 0 aliphatic rings. The molecule has 0 aromatic carbocycles. The average molecular weight is 615 g/mol. The van der Waals surface area contributed by atoms with Gasteiger partial charge in [-0.15, -0.1) is 0 Å². The second kappa shape index (κ2) is 51.6. The Morgan fingerprint density at radius 3 is 0.762 bits per heavy atom. The van der Waals surface area contributed by atoms with Crippen LogP contribution in [0.5, 0.6) is 0 Å². The van der Waals surface area contributed by atoms with E-state index in [0.717, 1.165) is 13.0 Å². The van der Waals surface area contributed by atoms with Gasteiger partial charge in [0.15, 0.2) is 0 Å². The largest absolute Gasteiger partial charge is 1.00 e. The van der Waals surface area contributed by atoms with E-state index >= 15 is 0 Å². The quantitative estimate of drug-likeness (QED) is 0.0388. The minimum Gasteiger partial charge on any atom is -0.379 e. The predicted octanol–water partition coefficient (Wildman–Crippen LogP) is 1.32. The SMILES string of the molecule is CCCOCCOCCOCCOCCN=[N+]=[N-].[N-]=[N+]=NCCOCCOCCOCCOCCN=[N+]=[N-].[N-]=[N+]=[N-].[Na+]. The molecule has 0 bridgehead atoms. The van der Waals surface area contributed by atoms with Crippen LogP contribution in [-0.2, 0) is 37.9 Å². The van der Waals surface area contributed by atoms with E-state index in [1.54, 1.807) is 0 Å². The zero-order valence-corrected chi connectivity index (χ0v) is 26.8. The van der Waals surface area contributed by atoms with E-state index in [2.05, 4.69) is 37.0 Å². The van der Waals surface area contributed by atoms with Crippen molar-refractivity contribution in [1.82, 2.24) is 0 Å². The molecule has 21 heteroatoms. The Morgan fingerprint density at radius 2 is 0.571 bits per heavy atom. The molecule has 0 saturated heterocycles. The van der Waals surface area contributed by atoms with Gasteiger partial charge >= 0.3 is 29.6 Å². The number of hydrogen-bond acceptors (Lipinski definition) is 11. The van der Waals surface area contributed by atoms with Crippen molar-refractivity contribution in [3.05, 3.63) is 47.3 Å². The van der Waals surface area contributed by atoms with Gasteiger partial charge in [0.05, 0.1) is 99.1 Å². The van der Waals surface area contributed by atoms with Crippen LogP contribution in [0.3, 0.4) is 0 Å². The molecule has 0 aromatic rings. The van der Waals surface area contributed by atoms with Crippen molar-refractivity contribution in [3.8, 4) is 0 Å². The third-order valence-electron chi connectivity index (χ3n) is 3.78. The summed E-state index contributed by atoms with van der Waals surface area (Å²) in [6.07, 6.45) is 1.03. The van der Waals surface area contributed by atoms with Crippen LogP contribution >= 0.6 is 0 Å². The van der Waals surface area contributed by atoms with Gasteiger partial charge < -0.3 is 49.0 Å². The average Bonchev–Trinajstić information content (AvgIpc) is 2.98. The molecular weight excluding hydrogens is 571 g/mol. The molecule has 20 nitrogen and oxygen atoms in total. The Morgan fingerprint density at radius 1 is 0.381 bits per heavy atom. The van der Waals surface area contributed by atoms with Gasteiger partial charge in [-0.25, -0.2) is 0 Å². The minimum atomic E-state index is 0. The van der Waals surface area contributed by atoms with E-state index in [9.17, 15) is 0 Å². The number of rotatable bonds is 29. The van der Waals surface area contributed by atoms with Crippen LogP contribution in [0.4, 0.5) is 0 Å². The Bertz CT molecular complexity index is 677. The molecule has 0 aliphatic heterocycles. The van der Waals surface area contributed by atoms with Gasteiger partial charge in [0.2, 0.25) is 0 Å². The normalized spacial score (nSPS) is 9.26. The van der Waals surface area contributed by atoms with Crippen molar-refractivity contribution in [2.45, 2.75) is 13.3 Å². The summed E-state index contributed by atoms with van der Waals surface area (Å²) in [6.45, 7) is 11.3. The van der Waals surface area contributed by atoms with Crippen molar-refractivity contribution in [2.75, 3.05) is 125 Å². The van der Waals surface area contributed by atoms with Crippen molar-refractivity contribution in [3.63, 3.8) is 0 Å². The van der Waals surface area contributed by atoms with Gasteiger partial charge in [0.1, 0.15) is 0 Å². The molecule has 236 valence electrons. The van der Waals surface area contributed by atoms with E-state index in [4.69, 9.17) is 65.6 Å². The topological polar surface area (TPSA) is 279 Å². The Labute approximate surface area is 268 Å². The van der Waals surface area contributed by atoms with Gasteiger partial charge in [0.25, 0.3) is 0 Å². The van der Waals surface area contributed by atoms with Gasteiger partial charge in [-0.05, 0) is 23.0 Å². The van der Waals surface area contributed by atoms with Crippen LogP contribution in [0.15, 0.2) is 15.3 Å². The van der Waals surface area contributed by atoms with Crippen LogP contribution in [0.2, 0.25) is 0 Å². The maximum absolute atomic E-state index is 8.02. The summed E-state index contributed by atoms with van der Waals surface area (Å²) in [5.41, 5.74) is 37.5. The molecule has 0 saturated carbocycles. The summed E-state index contributed by atoms with van der Waals surface area (Å²) in [7, 11) is 0. The standard InChI is InChI=1S/C11H23N3O4.C10H20N6O4.N3.Na/c1-2-4-15-6-8-17-10-11-18-9-7-16-5-3-13-14-12;11-15-13-1-3-17-5-7-19-9-10-20-8-6-18-4-2-14-16-12;1-3-2;/h2-11H2,1H3;1-10H2;;/q;;-1;+1. The van der Waals surface area contributed by atoms with E-state index < -0.39 is 0 Å². The summed E-state index contributed by atoms with van der Waals surface area (Å²) in [5, 5.41) is 10.0. The maximum Gasteiger partial charge on any atom is 1.00 e. The van der Waals surface area contributed by atoms with Crippen molar-refractivity contribution >= 4 is 0 Å². The Kier molecular flexibility index (Phi) is 57.6. The first-order valence-electron chi connectivity index (χ1n) is 12.9. The number of nitrogens with zero attached hydrogens (tertiary/aromatic N) is 12. The van der Waals surface area contributed by atoms with Gasteiger partial charge in [-0.1, -0.05) is 22.3 Å². The van der Waals surface area contributed by atoms with E-state index in [1.807, 2.05) is 0 Å². The monoisotopic (exact) mass is 614 g/mol. The van der Waals surface area contributed by atoms with E-state index in [-0.39, 0.29) is 29.6 Å². The molecule has 0 atom stereocenters. The molecule has 0 aliphatic carbocycles. The molecule has 0 N–H and O–H groups in total. The summed E-state index contributed by atoms with van der Waals surface area (Å²) in [5.74, 6) is 0. The number of hydrogen-bond donors (Lipinski definition) is 0. The number of azide groups is 3.